The third-order valence-electron chi connectivity index (χ3n) is 2.55. The van der Waals surface area contributed by atoms with Gasteiger partial charge in [0.1, 0.15) is 0 Å². The summed E-state index contributed by atoms with van der Waals surface area (Å²) in [6, 6.07) is 3.48. The number of hydrogen-bond donors (Lipinski definition) is 0. The zero-order valence-corrected chi connectivity index (χ0v) is 11.7. The maximum Gasteiger partial charge on any atom is 0.330 e. The maximum absolute atomic E-state index is 11.3. The van der Waals surface area contributed by atoms with Crippen LogP contribution in [-0.2, 0) is 9.53 Å². The van der Waals surface area contributed by atoms with Crippen LogP contribution in [0.15, 0.2) is 30.6 Å². The van der Waals surface area contributed by atoms with Crippen molar-refractivity contribution < 1.29 is 9.53 Å². The molecule has 0 saturated heterocycles. The summed E-state index contributed by atoms with van der Waals surface area (Å²) in [5.74, 6) is -0.398. The van der Waals surface area contributed by atoms with E-state index in [-0.39, 0.29) is 0 Å². The third-order valence-corrected chi connectivity index (χ3v) is 3.35. The number of carbonyl (C=O) groups is 1. The highest BCUT2D eigenvalue weighted by Crippen LogP contribution is 2.33. The fourth-order valence-electron chi connectivity index (χ4n) is 1.71. The van der Waals surface area contributed by atoms with Crippen molar-refractivity contribution in [2.75, 3.05) is 6.61 Å². The summed E-state index contributed by atoms with van der Waals surface area (Å²) in [6.45, 7) is 2.09. The Morgan fingerprint density at radius 3 is 2.95 bits per heavy atom. The lowest BCUT2D eigenvalue weighted by Crippen LogP contribution is -1.98. The van der Waals surface area contributed by atoms with Crippen molar-refractivity contribution in [3.63, 3.8) is 0 Å². The molecule has 1 aromatic heterocycles. The lowest BCUT2D eigenvalue weighted by Gasteiger charge is -2.06. The lowest BCUT2D eigenvalue weighted by atomic mass is 10.1. The van der Waals surface area contributed by atoms with Crippen molar-refractivity contribution >= 4 is 46.0 Å². The monoisotopic (exact) mass is 295 g/mol. The molecule has 0 N–H and O–H groups in total. The van der Waals surface area contributed by atoms with Crippen LogP contribution in [0, 0.1) is 0 Å². The zero-order chi connectivity index (χ0) is 13.8. The molecule has 5 heteroatoms. The van der Waals surface area contributed by atoms with Gasteiger partial charge in [-0.05, 0) is 30.7 Å². The topological polar surface area (TPSA) is 39.2 Å². The van der Waals surface area contributed by atoms with E-state index < -0.39 is 5.97 Å². The second kappa shape index (κ2) is 6.04. The van der Waals surface area contributed by atoms with Crippen LogP contribution in [0.25, 0.3) is 16.8 Å². The van der Waals surface area contributed by atoms with Crippen molar-refractivity contribution in [2.24, 2.45) is 0 Å². The molecule has 0 bridgehead atoms. The molecule has 0 unspecified atom stereocenters. The second-order valence-corrected chi connectivity index (χ2v) is 4.55. The first-order valence-corrected chi connectivity index (χ1v) is 6.45. The molecule has 98 valence electrons. The summed E-state index contributed by atoms with van der Waals surface area (Å²) in [6.07, 6.45) is 6.32. The molecule has 0 radical (unpaired) electrons. The Labute approximate surface area is 120 Å². The SMILES string of the molecule is CCOC(=O)/C=C/c1cc(Cl)c(Cl)c2ccncc12. The molecule has 0 aliphatic heterocycles. The second-order valence-electron chi connectivity index (χ2n) is 3.77. The maximum atomic E-state index is 11.3. The van der Waals surface area contributed by atoms with E-state index in [4.69, 9.17) is 27.9 Å². The molecule has 1 heterocycles. The van der Waals surface area contributed by atoms with E-state index in [2.05, 4.69) is 4.98 Å². The molecular formula is C14H11Cl2NO2. The van der Waals surface area contributed by atoms with Gasteiger partial charge in [0.15, 0.2) is 0 Å². The van der Waals surface area contributed by atoms with Crippen LogP contribution < -0.4 is 0 Å². The van der Waals surface area contributed by atoms with Gasteiger partial charge >= 0.3 is 5.97 Å². The number of carbonyl (C=O) groups excluding carboxylic acids is 1. The number of nitrogens with zero attached hydrogens (tertiary/aromatic N) is 1. The van der Waals surface area contributed by atoms with E-state index in [1.54, 1.807) is 37.5 Å². The van der Waals surface area contributed by atoms with Crippen LogP contribution in [0.3, 0.4) is 0 Å². The van der Waals surface area contributed by atoms with Gasteiger partial charge in [-0.25, -0.2) is 4.79 Å². The Balaban J connectivity index is 2.49. The van der Waals surface area contributed by atoms with Crippen LogP contribution in [0.5, 0.6) is 0 Å². The van der Waals surface area contributed by atoms with E-state index in [0.29, 0.717) is 16.7 Å². The van der Waals surface area contributed by atoms with Gasteiger partial charge in [0.25, 0.3) is 0 Å². The molecule has 0 spiro atoms. The lowest BCUT2D eigenvalue weighted by molar-refractivity contribution is -0.137. The summed E-state index contributed by atoms with van der Waals surface area (Å²) < 4.78 is 4.83. The molecule has 0 amide bonds. The Morgan fingerprint density at radius 2 is 2.21 bits per heavy atom. The number of benzene rings is 1. The van der Waals surface area contributed by atoms with Crippen molar-refractivity contribution in [2.45, 2.75) is 6.92 Å². The molecule has 0 fully saturated rings. The number of esters is 1. The predicted molar refractivity (Wildman–Crippen MR) is 77.4 cm³/mol. The van der Waals surface area contributed by atoms with E-state index in [9.17, 15) is 4.79 Å². The summed E-state index contributed by atoms with van der Waals surface area (Å²) >= 11 is 12.2. The predicted octanol–water partition coefficient (Wildman–Crippen LogP) is 4.12. The standard InChI is InChI=1S/C14H11Cl2NO2/c1-2-19-13(18)4-3-9-7-12(15)14(16)10-5-6-17-8-11(9)10/h3-8H,2H2,1H3/b4-3+. The first kappa shape index (κ1) is 13.8. The Hall–Kier alpha value is -1.58. The summed E-state index contributed by atoms with van der Waals surface area (Å²) in [5, 5.41) is 2.54. The molecule has 19 heavy (non-hydrogen) atoms. The van der Waals surface area contributed by atoms with E-state index in [1.807, 2.05) is 0 Å². The fourth-order valence-corrected chi connectivity index (χ4v) is 2.15. The number of pyridine rings is 1. The molecule has 2 rings (SSSR count). The molecule has 0 aliphatic rings. The van der Waals surface area contributed by atoms with E-state index in [1.165, 1.54) is 6.08 Å². The summed E-state index contributed by atoms with van der Waals surface area (Å²) in [5.41, 5.74) is 0.769. The molecule has 2 aromatic rings. The minimum absolute atomic E-state index is 0.340. The van der Waals surface area contributed by atoms with Gasteiger partial charge in [0.05, 0.1) is 16.7 Å². The largest absolute Gasteiger partial charge is 0.463 e. The van der Waals surface area contributed by atoms with Crippen LogP contribution >= 0.6 is 23.2 Å². The van der Waals surface area contributed by atoms with E-state index in [0.717, 1.165) is 16.3 Å². The highest BCUT2D eigenvalue weighted by atomic mass is 35.5. The van der Waals surface area contributed by atoms with Crippen LogP contribution in [-0.4, -0.2) is 17.6 Å². The van der Waals surface area contributed by atoms with Crippen molar-refractivity contribution in [3.05, 3.63) is 46.2 Å². The zero-order valence-electron chi connectivity index (χ0n) is 10.2. The normalized spacial score (nSPS) is 11.1. The van der Waals surface area contributed by atoms with Gasteiger partial charge in [-0.15, -0.1) is 0 Å². The first-order chi connectivity index (χ1) is 9.13. The van der Waals surface area contributed by atoms with Gasteiger partial charge in [-0.3, -0.25) is 4.98 Å². The minimum Gasteiger partial charge on any atom is -0.463 e. The van der Waals surface area contributed by atoms with Gasteiger partial charge in [0, 0.05) is 29.2 Å². The Kier molecular flexibility index (Phi) is 4.40. The first-order valence-electron chi connectivity index (χ1n) is 5.70. The van der Waals surface area contributed by atoms with Gasteiger partial charge in [0.2, 0.25) is 0 Å². The molecule has 0 atom stereocenters. The molecule has 1 aromatic carbocycles. The number of ether oxygens (including phenoxy) is 1. The minimum atomic E-state index is -0.398. The van der Waals surface area contributed by atoms with Crippen molar-refractivity contribution in [1.29, 1.82) is 0 Å². The van der Waals surface area contributed by atoms with Crippen LogP contribution in [0.4, 0.5) is 0 Å². The Bertz CT molecular complexity index is 653. The number of halogens is 2. The average Bonchev–Trinajstić information content (AvgIpc) is 2.42. The molecular weight excluding hydrogens is 285 g/mol. The van der Waals surface area contributed by atoms with Gasteiger partial charge in [-0.1, -0.05) is 23.2 Å². The van der Waals surface area contributed by atoms with Crippen molar-refractivity contribution in [3.8, 4) is 0 Å². The molecule has 0 saturated carbocycles. The molecule has 3 nitrogen and oxygen atoms in total. The van der Waals surface area contributed by atoms with Crippen LogP contribution in [0.2, 0.25) is 10.0 Å². The smallest absolute Gasteiger partial charge is 0.330 e. The average molecular weight is 296 g/mol. The van der Waals surface area contributed by atoms with Crippen molar-refractivity contribution in [1.82, 2.24) is 4.98 Å². The quantitative estimate of drug-likeness (QED) is 0.632. The number of hydrogen-bond acceptors (Lipinski definition) is 3. The Morgan fingerprint density at radius 1 is 1.42 bits per heavy atom. The summed E-state index contributed by atoms with van der Waals surface area (Å²) in [4.78, 5) is 15.4. The highest BCUT2D eigenvalue weighted by molar-refractivity contribution is 6.45. The fraction of sp³-hybridized carbons (Fsp3) is 0.143. The van der Waals surface area contributed by atoms with Crippen LogP contribution in [0.1, 0.15) is 12.5 Å². The van der Waals surface area contributed by atoms with E-state index >= 15 is 0 Å². The van der Waals surface area contributed by atoms with Gasteiger partial charge in [-0.2, -0.15) is 0 Å². The number of rotatable bonds is 3. The number of aromatic nitrogens is 1. The molecule has 0 aliphatic carbocycles. The highest BCUT2D eigenvalue weighted by Gasteiger charge is 2.08. The third kappa shape index (κ3) is 3.06. The van der Waals surface area contributed by atoms with Gasteiger partial charge < -0.3 is 4.74 Å². The summed E-state index contributed by atoms with van der Waals surface area (Å²) in [7, 11) is 0. The number of fused-ring (bicyclic) bond motifs is 1.